The molecular weight excluding hydrogens is 400 g/mol. The van der Waals surface area contributed by atoms with Crippen LogP contribution >= 0.6 is 0 Å². The van der Waals surface area contributed by atoms with Crippen LogP contribution in [0.4, 0.5) is 0 Å². The molecule has 2 N–H and O–H groups in total. The molecule has 1 fully saturated rings. The lowest BCUT2D eigenvalue weighted by Gasteiger charge is -2.32. The minimum atomic E-state index is 0.124. The van der Waals surface area contributed by atoms with Gasteiger partial charge in [-0.2, -0.15) is 0 Å². The number of aromatic amines is 1. The van der Waals surface area contributed by atoms with Crippen LogP contribution in [0.5, 0.6) is 11.5 Å². The third-order valence-corrected chi connectivity index (χ3v) is 6.31. The lowest BCUT2D eigenvalue weighted by molar-refractivity contribution is 0.148. The van der Waals surface area contributed by atoms with Gasteiger partial charge in [0.05, 0.1) is 7.11 Å². The van der Waals surface area contributed by atoms with Crippen molar-refractivity contribution in [1.29, 1.82) is 0 Å². The highest BCUT2D eigenvalue weighted by Crippen LogP contribution is 2.35. The summed E-state index contributed by atoms with van der Waals surface area (Å²) in [5.74, 6) is 0.587. The average Bonchev–Trinajstić information content (AvgIpc) is 3.24. The summed E-state index contributed by atoms with van der Waals surface area (Å²) in [6, 6.07) is 16.4. The number of nitrogens with zero attached hydrogens (tertiary/aromatic N) is 3. The van der Waals surface area contributed by atoms with Crippen LogP contribution in [0, 0.1) is 0 Å². The third kappa shape index (κ3) is 4.07. The van der Waals surface area contributed by atoms with Crippen molar-refractivity contribution in [3.05, 3.63) is 66.5 Å². The van der Waals surface area contributed by atoms with Crippen LogP contribution in [0.15, 0.2) is 60.9 Å². The number of phenolic OH excluding ortho intramolecular Hbond substituents is 1. The summed E-state index contributed by atoms with van der Waals surface area (Å²) in [4.78, 5) is 12.8. The Labute approximate surface area is 188 Å². The summed E-state index contributed by atoms with van der Waals surface area (Å²) >= 11 is 0. The Kier molecular flexibility index (Phi) is 5.55. The van der Waals surface area contributed by atoms with Gasteiger partial charge in [-0.25, -0.2) is 4.98 Å². The monoisotopic (exact) mass is 428 g/mol. The predicted octanol–water partition coefficient (Wildman–Crippen LogP) is 4.36. The number of pyridine rings is 1. The maximum atomic E-state index is 10.2. The smallest absolute Gasteiger partial charge is 0.160 e. The van der Waals surface area contributed by atoms with Gasteiger partial charge in [0.25, 0.3) is 0 Å². The number of methoxy groups -OCH3 is 1. The molecule has 1 aliphatic heterocycles. The molecule has 32 heavy (non-hydrogen) atoms. The number of hydrogen-bond donors (Lipinski definition) is 2. The Morgan fingerprint density at radius 1 is 0.969 bits per heavy atom. The third-order valence-electron chi connectivity index (χ3n) is 6.31. The van der Waals surface area contributed by atoms with Gasteiger partial charge in [0.2, 0.25) is 0 Å². The van der Waals surface area contributed by atoms with E-state index in [2.05, 4.69) is 57.1 Å². The molecule has 0 radical (unpaired) electrons. The standard InChI is InChI=1S/C26H28N4O2/c1-29-9-11-30(12-10-29)17-18-3-5-19(6-4-18)21-13-22-23(16-28-26(22)27-15-21)20-7-8-25(32-2)24(31)14-20/h3-8,13-16,31H,9-12,17H2,1-2H3,(H,27,28). The second kappa shape index (κ2) is 8.65. The van der Waals surface area contributed by atoms with Crippen molar-refractivity contribution in [2.45, 2.75) is 6.54 Å². The first-order chi connectivity index (χ1) is 15.6. The topological polar surface area (TPSA) is 64.6 Å². The van der Waals surface area contributed by atoms with E-state index >= 15 is 0 Å². The first kappa shape index (κ1) is 20.5. The fourth-order valence-corrected chi connectivity index (χ4v) is 4.32. The number of aromatic hydroxyl groups is 1. The molecular formula is C26H28N4O2. The lowest BCUT2D eigenvalue weighted by atomic mass is 10.0. The maximum Gasteiger partial charge on any atom is 0.160 e. The van der Waals surface area contributed by atoms with Crippen molar-refractivity contribution in [2.75, 3.05) is 40.3 Å². The Hall–Kier alpha value is -3.35. The Bertz CT molecular complexity index is 1220. The Morgan fingerprint density at radius 3 is 2.44 bits per heavy atom. The molecule has 4 aromatic rings. The fraction of sp³-hybridized carbons (Fsp3) is 0.269. The molecule has 2 aromatic carbocycles. The molecule has 6 heteroatoms. The Morgan fingerprint density at radius 2 is 1.72 bits per heavy atom. The molecule has 6 nitrogen and oxygen atoms in total. The number of hydrogen-bond acceptors (Lipinski definition) is 5. The van der Waals surface area contributed by atoms with E-state index in [4.69, 9.17) is 4.74 Å². The number of phenols is 1. The minimum Gasteiger partial charge on any atom is -0.504 e. The highest BCUT2D eigenvalue weighted by Gasteiger charge is 2.14. The molecule has 0 aliphatic carbocycles. The van der Waals surface area contributed by atoms with Gasteiger partial charge in [0.15, 0.2) is 11.5 Å². The van der Waals surface area contributed by atoms with E-state index in [0.29, 0.717) is 5.75 Å². The minimum absolute atomic E-state index is 0.124. The predicted molar refractivity (Wildman–Crippen MR) is 128 cm³/mol. The number of piperazine rings is 1. The van der Waals surface area contributed by atoms with Gasteiger partial charge in [-0.1, -0.05) is 30.3 Å². The van der Waals surface area contributed by atoms with E-state index in [1.165, 1.54) is 5.56 Å². The average molecular weight is 429 g/mol. The normalized spacial score (nSPS) is 15.3. The number of nitrogens with one attached hydrogen (secondary N) is 1. The van der Waals surface area contributed by atoms with Crippen LogP contribution in [0.25, 0.3) is 33.3 Å². The molecule has 2 aromatic heterocycles. The molecule has 5 rings (SSSR count). The maximum absolute atomic E-state index is 10.2. The molecule has 3 heterocycles. The number of ether oxygens (including phenoxy) is 1. The first-order valence-corrected chi connectivity index (χ1v) is 11.0. The first-order valence-electron chi connectivity index (χ1n) is 11.0. The van der Waals surface area contributed by atoms with Crippen molar-refractivity contribution in [3.8, 4) is 33.8 Å². The molecule has 1 aliphatic rings. The van der Waals surface area contributed by atoms with Gasteiger partial charge >= 0.3 is 0 Å². The summed E-state index contributed by atoms with van der Waals surface area (Å²) in [6.07, 6.45) is 3.84. The SMILES string of the molecule is COc1ccc(-c2c[nH]c3ncc(-c4ccc(CN5CCN(C)CC5)cc4)cc23)cc1O. The lowest BCUT2D eigenvalue weighted by Crippen LogP contribution is -2.43. The number of H-pyrrole nitrogens is 1. The molecule has 0 bridgehead atoms. The number of likely N-dealkylation sites (N-methyl/N-ethyl adjacent to an activating group) is 1. The number of fused-ring (bicyclic) bond motifs is 1. The van der Waals surface area contributed by atoms with Crippen LogP contribution in [0.1, 0.15) is 5.56 Å². The zero-order valence-corrected chi connectivity index (χ0v) is 18.5. The Balaban J connectivity index is 1.40. The van der Waals surface area contributed by atoms with E-state index < -0.39 is 0 Å². The molecule has 0 saturated carbocycles. The molecule has 0 amide bonds. The van der Waals surface area contributed by atoms with Gasteiger partial charge in [-0.3, -0.25) is 4.90 Å². The van der Waals surface area contributed by atoms with Crippen LogP contribution in [0.3, 0.4) is 0 Å². The van der Waals surface area contributed by atoms with Crippen LogP contribution in [-0.4, -0.2) is 65.2 Å². The van der Waals surface area contributed by atoms with E-state index in [1.807, 2.05) is 18.5 Å². The molecule has 0 spiro atoms. The van der Waals surface area contributed by atoms with Crippen LogP contribution < -0.4 is 4.74 Å². The highest BCUT2D eigenvalue weighted by atomic mass is 16.5. The quantitative estimate of drug-likeness (QED) is 0.495. The number of aromatic nitrogens is 2. The van der Waals surface area contributed by atoms with Crippen LogP contribution in [0.2, 0.25) is 0 Å². The molecule has 1 saturated heterocycles. The highest BCUT2D eigenvalue weighted by molar-refractivity contribution is 5.96. The zero-order chi connectivity index (χ0) is 22.1. The van der Waals surface area contributed by atoms with E-state index in [-0.39, 0.29) is 5.75 Å². The van der Waals surface area contributed by atoms with Gasteiger partial charge in [-0.15, -0.1) is 0 Å². The second-order valence-corrected chi connectivity index (χ2v) is 8.49. The molecule has 0 atom stereocenters. The number of rotatable bonds is 5. The van der Waals surface area contributed by atoms with E-state index in [9.17, 15) is 5.11 Å². The van der Waals surface area contributed by atoms with Crippen molar-refractivity contribution in [3.63, 3.8) is 0 Å². The fourth-order valence-electron chi connectivity index (χ4n) is 4.32. The van der Waals surface area contributed by atoms with Crippen molar-refractivity contribution >= 4 is 11.0 Å². The van der Waals surface area contributed by atoms with Crippen molar-refractivity contribution < 1.29 is 9.84 Å². The number of benzene rings is 2. The summed E-state index contributed by atoms with van der Waals surface area (Å²) in [5, 5.41) is 11.2. The largest absolute Gasteiger partial charge is 0.504 e. The summed E-state index contributed by atoms with van der Waals surface area (Å²) < 4.78 is 5.17. The van der Waals surface area contributed by atoms with Gasteiger partial charge in [0, 0.05) is 61.6 Å². The van der Waals surface area contributed by atoms with Gasteiger partial charge < -0.3 is 19.7 Å². The summed E-state index contributed by atoms with van der Waals surface area (Å²) in [7, 11) is 3.73. The molecule has 164 valence electrons. The summed E-state index contributed by atoms with van der Waals surface area (Å²) in [5.41, 5.74) is 6.29. The molecule has 0 unspecified atom stereocenters. The summed E-state index contributed by atoms with van der Waals surface area (Å²) in [6.45, 7) is 5.50. The van der Waals surface area contributed by atoms with E-state index in [1.54, 1.807) is 19.2 Å². The zero-order valence-electron chi connectivity index (χ0n) is 18.5. The van der Waals surface area contributed by atoms with Gasteiger partial charge in [-0.05, 0) is 41.9 Å². The van der Waals surface area contributed by atoms with E-state index in [0.717, 1.165) is 66.0 Å². The second-order valence-electron chi connectivity index (χ2n) is 8.49. The van der Waals surface area contributed by atoms with Crippen molar-refractivity contribution in [1.82, 2.24) is 19.8 Å². The van der Waals surface area contributed by atoms with Crippen molar-refractivity contribution in [2.24, 2.45) is 0 Å². The van der Waals surface area contributed by atoms with Crippen LogP contribution in [-0.2, 0) is 6.54 Å². The van der Waals surface area contributed by atoms with Gasteiger partial charge in [0.1, 0.15) is 5.65 Å².